The summed E-state index contributed by atoms with van der Waals surface area (Å²) in [6, 6.07) is 15.8. The molecule has 4 heteroatoms. The van der Waals surface area contributed by atoms with Crippen LogP contribution in [0, 0.1) is 0 Å². The van der Waals surface area contributed by atoms with E-state index < -0.39 is 0 Å². The number of halogens is 1. The molecular weight excluding hydrogens is 342 g/mol. The van der Waals surface area contributed by atoms with Crippen LogP contribution in [-0.4, -0.2) is 19.1 Å². The highest BCUT2D eigenvalue weighted by Gasteiger charge is 2.03. The molecule has 0 spiro atoms. The lowest BCUT2D eigenvalue weighted by molar-refractivity contribution is -0.120. The van der Waals surface area contributed by atoms with Crippen molar-refractivity contribution < 1.29 is 9.53 Å². The first-order valence-electron chi connectivity index (χ1n) is 7.40. The van der Waals surface area contributed by atoms with Crippen LogP contribution in [0.3, 0.4) is 0 Å². The standard InChI is InChI=1S/C18H20BrNO2/c1-2-14-5-4-8-17(12-14)22-10-9-20-18(21)13-15-6-3-7-16(19)11-15/h3-8,11-12H,2,9-10,13H2,1H3,(H,20,21). The Labute approximate surface area is 139 Å². The first-order valence-corrected chi connectivity index (χ1v) is 8.19. The molecule has 22 heavy (non-hydrogen) atoms. The van der Waals surface area contributed by atoms with E-state index in [9.17, 15) is 4.79 Å². The highest BCUT2D eigenvalue weighted by Crippen LogP contribution is 2.13. The fourth-order valence-corrected chi connectivity index (χ4v) is 2.56. The Morgan fingerprint density at radius 3 is 2.68 bits per heavy atom. The molecule has 0 saturated carbocycles. The highest BCUT2D eigenvalue weighted by atomic mass is 79.9. The molecule has 1 N–H and O–H groups in total. The van der Waals surface area contributed by atoms with Crippen LogP contribution in [0.2, 0.25) is 0 Å². The molecule has 0 aliphatic carbocycles. The van der Waals surface area contributed by atoms with Crippen LogP contribution in [0.15, 0.2) is 53.0 Å². The van der Waals surface area contributed by atoms with Crippen molar-refractivity contribution in [2.75, 3.05) is 13.2 Å². The van der Waals surface area contributed by atoms with E-state index in [1.54, 1.807) is 0 Å². The Balaban J connectivity index is 1.70. The number of hydrogen-bond donors (Lipinski definition) is 1. The Hall–Kier alpha value is -1.81. The summed E-state index contributed by atoms with van der Waals surface area (Å²) >= 11 is 3.40. The third-order valence-electron chi connectivity index (χ3n) is 3.25. The molecule has 0 bridgehead atoms. The number of aryl methyl sites for hydroxylation is 1. The molecular formula is C18H20BrNO2. The van der Waals surface area contributed by atoms with Crippen LogP contribution in [0.1, 0.15) is 18.1 Å². The third kappa shape index (κ3) is 5.53. The number of benzene rings is 2. The maximum absolute atomic E-state index is 11.9. The number of carbonyl (C=O) groups is 1. The van der Waals surface area contributed by atoms with Gasteiger partial charge >= 0.3 is 0 Å². The lowest BCUT2D eigenvalue weighted by Gasteiger charge is -2.09. The summed E-state index contributed by atoms with van der Waals surface area (Å²) in [5.74, 6) is 0.851. The maximum Gasteiger partial charge on any atom is 0.224 e. The van der Waals surface area contributed by atoms with Crippen molar-refractivity contribution in [1.82, 2.24) is 5.32 Å². The van der Waals surface area contributed by atoms with Gasteiger partial charge in [0.25, 0.3) is 0 Å². The zero-order chi connectivity index (χ0) is 15.8. The van der Waals surface area contributed by atoms with Crippen molar-refractivity contribution in [2.24, 2.45) is 0 Å². The molecule has 2 aromatic rings. The van der Waals surface area contributed by atoms with Gasteiger partial charge in [-0.1, -0.05) is 47.1 Å². The van der Waals surface area contributed by atoms with Crippen LogP contribution in [0.25, 0.3) is 0 Å². The van der Waals surface area contributed by atoms with Gasteiger partial charge in [-0.3, -0.25) is 4.79 Å². The van der Waals surface area contributed by atoms with Crippen molar-refractivity contribution in [3.8, 4) is 5.75 Å². The van der Waals surface area contributed by atoms with Crippen LogP contribution < -0.4 is 10.1 Å². The lowest BCUT2D eigenvalue weighted by atomic mass is 10.1. The van der Waals surface area contributed by atoms with Gasteiger partial charge < -0.3 is 10.1 Å². The van der Waals surface area contributed by atoms with E-state index in [1.165, 1.54) is 5.56 Å². The van der Waals surface area contributed by atoms with Gasteiger partial charge in [-0.25, -0.2) is 0 Å². The van der Waals surface area contributed by atoms with E-state index >= 15 is 0 Å². The van der Waals surface area contributed by atoms with Gasteiger partial charge in [0.05, 0.1) is 13.0 Å². The Kier molecular flexibility index (Phi) is 6.46. The normalized spacial score (nSPS) is 10.3. The Bertz CT molecular complexity index is 628. The first kappa shape index (κ1) is 16.6. The van der Waals surface area contributed by atoms with Crippen molar-refractivity contribution in [2.45, 2.75) is 19.8 Å². The monoisotopic (exact) mass is 361 g/mol. The number of nitrogens with one attached hydrogen (secondary N) is 1. The third-order valence-corrected chi connectivity index (χ3v) is 3.75. The fraction of sp³-hybridized carbons (Fsp3) is 0.278. The Morgan fingerprint density at radius 2 is 1.91 bits per heavy atom. The molecule has 2 aromatic carbocycles. The smallest absolute Gasteiger partial charge is 0.224 e. The van der Waals surface area contributed by atoms with Crippen LogP contribution in [0.4, 0.5) is 0 Å². The predicted molar refractivity (Wildman–Crippen MR) is 92.2 cm³/mol. The summed E-state index contributed by atoms with van der Waals surface area (Å²) < 4.78 is 6.63. The average Bonchev–Trinajstić information content (AvgIpc) is 2.52. The molecule has 1 amide bonds. The van der Waals surface area contributed by atoms with Gasteiger partial charge in [0, 0.05) is 4.47 Å². The predicted octanol–water partition coefficient (Wildman–Crippen LogP) is 3.75. The molecule has 0 saturated heterocycles. The topological polar surface area (TPSA) is 38.3 Å². The highest BCUT2D eigenvalue weighted by molar-refractivity contribution is 9.10. The number of hydrogen-bond acceptors (Lipinski definition) is 2. The van der Waals surface area contributed by atoms with Gasteiger partial charge in [-0.15, -0.1) is 0 Å². The van der Waals surface area contributed by atoms with E-state index in [0.717, 1.165) is 22.2 Å². The van der Waals surface area contributed by atoms with Crippen LogP contribution in [0.5, 0.6) is 5.75 Å². The lowest BCUT2D eigenvalue weighted by Crippen LogP contribution is -2.29. The molecule has 0 atom stereocenters. The molecule has 0 aliphatic heterocycles. The Morgan fingerprint density at radius 1 is 1.14 bits per heavy atom. The van der Waals surface area contributed by atoms with Gasteiger partial charge in [-0.05, 0) is 41.8 Å². The minimum Gasteiger partial charge on any atom is -0.492 e. The van der Waals surface area contributed by atoms with Gasteiger partial charge in [0.15, 0.2) is 0 Å². The summed E-state index contributed by atoms with van der Waals surface area (Å²) in [7, 11) is 0. The molecule has 0 heterocycles. The largest absolute Gasteiger partial charge is 0.492 e. The average molecular weight is 362 g/mol. The molecule has 0 fully saturated rings. The van der Waals surface area contributed by atoms with Crippen LogP contribution in [-0.2, 0) is 17.6 Å². The summed E-state index contributed by atoms with van der Waals surface area (Å²) in [6.45, 7) is 3.09. The van der Waals surface area contributed by atoms with Gasteiger partial charge in [-0.2, -0.15) is 0 Å². The van der Waals surface area contributed by atoms with E-state index in [-0.39, 0.29) is 5.91 Å². The number of carbonyl (C=O) groups excluding carboxylic acids is 1. The number of amides is 1. The first-order chi connectivity index (χ1) is 10.7. The quantitative estimate of drug-likeness (QED) is 0.762. The second kappa shape index (κ2) is 8.59. The van der Waals surface area contributed by atoms with E-state index in [4.69, 9.17) is 4.74 Å². The van der Waals surface area contributed by atoms with E-state index in [0.29, 0.717) is 19.6 Å². The van der Waals surface area contributed by atoms with Crippen molar-refractivity contribution in [3.05, 3.63) is 64.1 Å². The zero-order valence-corrected chi connectivity index (χ0v) is 14.2. The minimum absolute atomic E-state index is 0.00371. The molecule has 2 rings (SSSR count). The summed E-state index contributed by atoms with van der Waals surface area (Å²) in [6.07, 6.45) is 1.37. The number of rotatable bonds is 7. The summed E-state index contributed by atoms with van der Waals surface area (Å²) in [5.41, 5.74) is 2.24. The van der Waals surface area contributed by atoms with Crippen LogP contribution >= 0.6 is 15.9 Å². The summed E-state index contributed by atoms with van der Waals surface area (Å²) in [5, 5.41) is 2.87. The maximum atomic E-state index is 11.9. The number of ether oxygens (including phenoxy) is 1. The summed E-state index contributed by atoms with van der Waals surface area (Å²) in [4.78, 5) is 11.9. The van der Waals surface area contributed by atoms with Crippen molar-refractivity contribution in [1.29, 1.82) is 0 Å². The molecule has 0 unspecified atom stereocenters. The van der Waals surface area contributed by atoms with E-state index in [2.05, 4.69) is 34.2 Å². The fourth-order valence-electron chi connectivity index (χ4n) is 2.11. The second-order valence-corrected chi connectivity index (χ2v) is 5.92. The minimum atomic E-state index is 0.00371. The second-order valence-electron chi connectivity index (χ2n) is 5.01. The zero-order valence-electron chi connectivity index (χ0n) is 12.6. The van der Waals surface area contributed by atoms with Crippen molar-refractivity contribution >= 4 is 21.8 Å². The molecule has 116 valence electrons. The van der Waals surface area contributed by atoms with Gasteiger partial charge in [0.2, 0.25) is 5.91 Å². The molecule has 0 aromatic heterocycles. The molecule has 0 radical (unpaired) electrons. The molecule has 0 aliphatic rings. The van der Waals surface area contributed by atoms with Gasteiger partial charge in [0.1, 0.15) is 12.4 Å². The van der Waals surface area contributed by atoms with E-state index in [1.807, 2.05) is 42.5 Å². The molecule has 3 nitrogen and oxygen atoms in total. The SMILES string of the molecule is CCc1cccc(OCCNC(=O)Cc2cccc(Br)c2)c1. The van der Waals surface area contributed by atoms with Crippen molar-refractivity contribution in [3.63, 3.8) is 0 Å².